The van der Waals surface area contributed by atoms with Crippen LogP contribution in [0.25, 0.3) is 0 Å². The standard InChI is InChI=1S/2C3H7.C3H5.Sb/c3*1-3-2;/h2*3H,1-2H3;1,3H,2H3;. The summed E-state index contributed by atoms with van der Waals surface area (Å²) in [6.07, 6.45) is 2.24. The molecule has 0 aliphatic carbocycles. The Balaban J connectivity index is 3.98. The van der Waals surface area contributed by atoms with Gasteiger partial charge >= 0.3 is 72.7 Å². The molecule has 0 N–H and O–H groups in total. The zero-order valence-electron chi connectivity index (χ0n) is 7.76. The average Bonchev–Trinajstić information content (AvgIpc) is 1.81. The quantitative estimate of drug-likeness (QED) is 0.672. The van der Waals surface area contributed by atoms with Crippen molar-refractivity contribution in [1.82, 2.24) is 0 Å². The first-order chi connectivity index (χ1) is 4.59. The number of rotatable bonds is 3. The van der Waals surface area contributed by atoms with Crippen LogP contribution in [0.4, 0.5) is 0 Å². The molecule has 1 heteroatoms. The van der Waals surface area contributed by atoms with Gasteiger partial charge in [0, 0.05) is 0 Å². The molecular weight excluding hydrogens is 230 g/mol. The minimum atomic E-state index is -0.982. The van der Waals surface area contributed by atoms with E-state index in [9.17, 15) is 0 Å². The number of allylic oxidation sites excluding steroid dienone is 1. The van der Waals surface area contributed by atoms with Crippen molar-refractivity contribution in [3.05, 3.63) is 10.1 Å². The van der Waals surface area contributed by atoms with Gasteiger partial charge in [-0.3, -0.25) is 0 Å². The van der Waals surface area contributed by atoms with E-state index in [4.69, 9.17) is 0 Å². The average molecular weight is 249 g/mol. The van der Waals surface area contributed by atoms with Gasteiger partial charge in [0.05, 0.1) is 0 Å². The molecule has 0 saturated carbocycles. The van der Waals surface area contributed by atoms with Crippen molar-refractivity contribution in [1.29, 1.82) is 0 Å². The summed E-state index contributed by atoms with van der Waals surface area (Å²) in [6, 6.07) is 0. The van der Waals surface area contributed by atoms with Crippen LogP contribution in [-0.2, 0) is 0 Å². The summed E-state index contributed by atoms with van der Waals surface area (Å²) in [5.74, 6) is 0. The van der Waals surface area contributed by atoms with Crippen molar-refractivity contribution in [2.45, 2.75) is 42.3 Å². The second-order valence-electron chi connectivity index (χ2n) is 3.12. The molecule has 10 heavy (non-hydrogen) atoms. The van der Waals surface area contributed by atoms with E-state index in [1.165, 1.54) is 0 Å². The van der Waals surface area contributed by atoms with E-state index >= 15 is 0 Å². The molecule has 0 bridgehead atoms. The van der Waals surface area contributed by atoms with Crippen LogP contribution in [0.2, 0.25) is 7.73 Å². The number of hydrogen-bond acceptors (Lipinski definition) is 0. The second-order valence-corrected chi connectivity index (χ2v) is 12.4. The van der Waals surface area contributed by atoms with E-state index in [2.05, 4.69) is 44.7 Å². The summed E-state index contributed by atoms with van der Waals surface area (Å²) in [5, 5.41) is 0. The molecule has 0 atom stereocenters. The molecule has 0 aromatic heterocycles. The molecule has 60 valence electrons. The van der Waals surface area contributed by atoms with Gasteiger partial charge in [-0.1, -0.05) is 0 Å². The molecular formula is C9H19Sb. The van der Waals surface area contributed by atoms with Crippen molar-refractivity contribution in [2.24, 2.45) is 0 Å². The Bertz CT molecular complexity index is 95.3. The molecule has 0 amide bonds. The van der Waals surface area contributed by atoms with Gasteiger partial charge in [0.15, 0.2) is 0 Å². The Morgan fingerprint density at radius 1 is 1.00 bits per heavy atom. The van der Waals surface area contributed by atoms with E-state index < -0.39 is 20.2 Å². The van der Waals surface area contributed by atoms with Crippen molar-refractivity contribution in [2.75, 3.05) is 0 Å². The van der Waals surface area contributed by atoms with Crippen LogP contribution >= 0.6 is 0 Å². The first-order valence-corrected chi connectivity index (χ1v) is 8.42. The summed E-state index contributed by atoms with van der Waals surface area (Å²) < 4.78 is 4.41. The summed E-state index contributed by atoms with van der Waals surface area (Å²) in [6.45, 7) is 11.6. The first-order valence-electron chi connectivity index (χ1n) is 3.99. The molecule has 0 heterocycles. The predicted molar refractivity (Wildman–Crippen MR) is 50.8 cm³/mol. The van der Waals surface area contributed by atoms with Gasteiger partial charge in [0.25, 0.3) is 0 Å². The molecule has 0 unspecified atom stereocenters. The zero-order chi connectivity index (χ0) is 8.15. The zero-order valence-corrected chi connectivity index (χ0v) is 10.3. The topological polar surface area (TPSA) is 0 Å². The van der Waals surface area contributed by atoms with Crippen molar-refractivity contribution in [3.8, 4) is 0 Å². The molecule has 0 rings (SSSR count). The van der Waals surface area contributed by atoms with Crippen LogP contribution in [0.3, 0.4) is 0 Å². The van der Waals surface area contributed by atoms with Crippen LogP contribution in [0.1, 0.15) is 34.6 Å². The molecule has 0 nitrogen and oxygen atoms in total. The third-order valence-electron chi connectivity index (χ3n) is 1.51. The van der Waals surface area contributed by atoms with E-state index in [1.54, 1.807) is 0 Å². The van der Waals surface area contributed by atoms with Crippen LogP contribution in [0, 0.1) is 0 Å². The van der Waals surface area contributed by atoms with Gasteiger partial charge in [-0.2, -0.15) is 0 Å². The minimum absolute atomic E-state index is 0.958. The molecule has 0 spiro atoms. The third kappa shape index (κ3) is 3.66. The molecule has 0 radical (unpaired) electrons. The Morgan fingerprint density at radius 3 is 1.50 bits per heavy atom. The summed E-state index contributed by atoms with van der Waals surface area (Å²) in [5.41, 5.74) is 0. The van der Waals surface area contributed by atoms with Crippen LogP contribution in [0.15, 0.2) is 10.1 Å². The third-order valence-corrected chi connectivity index (χ3v) is 10.2. The fraction of sp³-hybridized carbons (Fsp3) is 0.778. The second kappa shape index (κ2) is 5.24. The Morgan fingerprint density at radius 2 is 1.40 bits per heavy atom. The molecule has 0 fully saturated rings. The van der Waals surface area contributed by atoms with Crippen molar-refractivity contribution in [3.63, 3.8) is 0 Å². The fourth-order valence-corrected chi connectivity index (χ4v) is 7.46. The molecule has 0 aliphatic rings. The van der Waals surface area contributed by atoms with Gasteiger partial charge in [-0.15, -0.1) is 0 Å². The summed E-state index contributed by atoms with van der Waals surface area (Å²) in [7, 11) is 0. The monoisotopic (exact) mass is 248 g/mol. The maximum absolute atomic E-state index is 2.50. The molecule has 0 aromatic carbocycles. The van der Waals surface area contributed by atoms with Gasteiger partial charge in [0.2, 0.25) is 0 Å². The predicted octanol–water partition coefficient (Wildman–Crippen LogP) is 3.42. The van der Waals surface area contributed by atoms with Gasteiger partial charge < -0.3 is 0 Å². The van der Waals surface area contributed by atoms with E-state index in [0.717, 1.165) is 7.73 Å². The molecule has 0 aromatic rings. The summed E-state index contributed by atoms with van der Waals surface area (Å²) >= 11 is -0.982. The fourth-order valence-electron chi connectivity index (χ4n) is 1.11. The van der Waals surface area contributed by atoms with Crippen LogP contribution < -0.4 is 0 Å². The summed E-state index contributed by atoms with van der Waals surface area (Å²) in [4.78, 5) is 0. The molecule has 0 aliphatic heterocycles. The Labute approximate surface area is 72.7 Å². The van der Waals surface area contributed by atoms with Gasteiger partial charge in [-0.05, 0) is 0 Å². The normalized spacial score (nSPS) is 12.8. The SMILES string of the molecule is C/C=[CH]/[Sb]([CH](C)C)[CH](C)C. The van der Waals surface area contributed by atoms with Crippen molar-refractivity contribution < 1.29 is 0 Å². The first kappa shape index (κ1) is 10.6. The maximum atomic E-state index is 2.50. The van der Waals surface area contributed by atoms with Crippen molar-refractivity contribution >= 4 is 20.2 Å². The van der Waals surface area contributed by atoms with E-state index in [-0.39, 0.29) is 0 Å². The van der Waals surface area contributed by atoms with Gasteiger partial charge in [0.1, 0.15) is 0 Å². The Kier molecular flexibility index (Phi) is 5.53. The molecule has 0 saturated heterocycles. The van der Waals surface area contributed by atoms with Crippen LogP contribution in [-0.4, -0.2) is 20.2 Å². The van der Waals surface area contributed by atoms with E-state index in [0.29, 0.717) is 0 Å². The Hall–Kier alpha value is 0.558. The number of hydrogen-bond donors (Lipinski definition) is 0. The van der Waals surface area contributed by atoms with Crippen LogP contribution in [0.5, 0.6) is 0 Å². The van der Waals surface area contributed by atoms with Gasteiger partial charge in [-0.25, -0.2) is 0 Å². The van der Waals surface area contributed by atoms with E-state index in [1.807, 2.05) is 0 Å².